The van der Waals surface area contributed by atoms with Gasteiger partial charge in [-0.1, -0.05) is 0 Å². The monoisotopic (exact) mass is 269 g/mol. The fraction of sp³-hybridized carbons (Fsp3) is 0.769. The standard InChI is InChI=1S/C13H23N3OS/c1-11-13(18-12(2)14-11)10-15(3)4-5-16-6-8-17-9-7-16/h4-10H2,1-3H3. The third-order valence-corrected chi connectivity index (χ3v) is 4.37. The van der Waals surface area contributed by atoms with Gasteiger partial charge in [-0.25, -0.2) is 4.98 Å². The van der Waals surface area contributed by atoms with Crippen molar-refractivity contribution in [1.82, 2.24) is 14.8 Å². The Labute approximate surface area is 114 Å². The number of rotatable bonds is 5. The van der Waals surface area contributed by atoms with Crippen LogP contribution < -0.4 is 0 Å². The lowest BCUT2D eigenvalue weighted by atomic mass is 10.3. The van der Waals surface area contributed by atoms with Gasteiger partial charge in [0.05, 0.1) is 23.9 Å². The highest BCUT2D eigenvalue weighted by molar-refractivity contribution is 7.11. The largest absolute Gasteiger partial charge is 0.379 e. The molecule has 0 N–H and O–H groups in total. The smallest absolute Gasteiger partial charge is 0.0900 e. The lowest BCUT2D eigenvalue weighted by Gasteiger charge is -2.28. The van der Waals surface area contributed by atoms with E-state index in [-0.39, 0.29) is 0 Å². The van der Waals surface area contributed by atoms with E-state index in [1.807, 2.05) is 11.3 Å². The van der Waals surface area contributed by atoms with Crippen LogP contribution in [-0.4, -0.2) is 61.2 Å². The summed E-state index contributed by atoms with van der Waals surface area (Å²) >= 11 is 1.82. The summed E-state index contributed by atoms with van der Waals surface area (Å²) in [6, 6.07) is 0. The Bertz CT molecular complexity index is 374. The van der Waals surface area contributed by atoms with E-state index in [0.717, 1.165) is 45.9 Å². The molecule has 0 spiro atoms. The summed E-state index contributed by atoms with van der Waals surface area (Å²) in [5, 5.41) is 1.17. The lowest BCUT2D eigenvalue weighted by molar-refractivity contribution is 0.0342. The summed E-state index contributed by atoms with van der Waals surface area (Å²) in [6.07, 6.45) is 0. The van der Waals surface area contributed by atoms with Crippen LogP contribution in [0.3, 0.4) is 0 Å². The maximum absolute atomic E-state index is 5.36. The molecule has 1 aromatic rings. The zero-order valence-electron chi connectivity index (χ0n) is 11.6. The summed E-state index contributed by atoms with van der Waals surface area (Å²) in [6.45, 7) is 11.4. The van der Waals surface area contributed by atoms with Crippen LogP contribution in [0.1, 0.15) is 15.6 Å². The van der Waals surface area contributed by atoms with Crippen LogP contribution in [0.25, 0.3) is 0 Å². The first-order chi connectivity index (χ1) is 8.65. The van der Waals surface area contributed by atoms with Crippen molar-refractivity contribution in [2.24, 2.45) is 0 Å². The predicted octanol–water partition coefficient (Wildman–Crippen LogP) is 1.52. The third-order valence-electron chi connectivity index (χ3n) is 3.31. The van der Waals surface area contributed by atoms with Gasteiger partial charge >= 0.3 is 0 Å². The minimum atomic E-state index is 0.886. The van der Waals surface area contributed by atoms with Crippen molar-refractivity contribution in [2.75, 3.05) is 46.4 Å². The minimum Gasteiger partial charge on any atom is -0.379 e. The molecule has 0 saturated carbocycles. The summed E-state index contributed by atoms with van der Waals surface area (Å²) in [4.78, 5) is 10.7. The average molecular weight is 269 g/mol. The summed E-state index contributed by atoms with van der Waals surface area (Å²) in [5.74, 6) is 0. The average Bonchev–Trinajstić information content (AvgIpc) is 2.67. The Hall–Kier alpha value is -0.490. The molecule has 0 bridgehead atoms. The van der Waals surface area contributed by atoms with Crippen LogP contribution in [0.5, 0.6) is 0 Å². The SMILES string of the molecule is Cc1nc(C)c(CN(C)CCN2CCOCC2)s1. The molecule has 0 aromatic carbocycles. The number of nitrogens with zero attached hydrogens (tertiary/aromatic N) is 3. The molecule has 0 aliphatic carbocycles. The van der Waals surface area contributed by atoms with Crippen LogP contribution in [-0.2, 0) is 11.3 Å². The second-order valence-electron chi connectivity index (χ2n) is 4.93. The lowest BCUT2D eigenvalue weighted by Crippen LogP contribution is -2.40. The van der Waals surface area contributed by atoms with Gasteiger partial charge in [0.1, 0.15) is 0 Å². The summed E-state index contributed by atoms with van der Waals surface area (Å²) in [7, 11) is 2.19. The van der Waals surface area contributed by atoms with Crippen molar-refractivity contribution < 1.29 is 4.74 Å². The molecule has 0 radical (unpaired) electrons. The van der Waals surface area contributed by atoms with Crippen molar-refractivity contribution in [3.05, 3.63) is 15.6 Å². The maximum Gasteiger partial charge on any atom is 0.0900 e. The fourth-order valence-electron chi connectivity index (χ4n) is 2.18. The molecule has 102 valence electrons. The zero-order chi connectivity index (χ0) is 13.0. The molecule has 0 atom stereocenters. The van der Waals surface area contributed by atoms with E-state index >= 15 is 0 Å². The Kier molecular flexibility index (Phi) is 5.12. The molecular weight excluding hydrogens is 246 g/mol. The minimum absolute atomic E-state index is 0.886. The second-order valence-corrected chi connectivity index (χ2v) is 6.22. The molecule has 0 amide bonds. The number of aryl methyl sites for hydroxylation is 2. The van der Waals surface area contributed by atoms with Gasteiger partial charge in [-0.05, 0) is 20.9 Å². The van der Waals surface area contributed by atoms with E-state index in [9.17, 15) is 0 Å². The summed E-state index contributed by atoms with van der Waals surface area (Å²) < 4.78 is 5.36. The van der Waals surface area contributed by atoms with Crippen LogP contribution >= 0.6 is 11.3 Å². The number of morpholine rings is 1. The maximum atomic E-state index is 5.36. The topological polar surface area (TPSA) is 28.6 Å². The highest BCUT2D eigenvalue weighted by atomic mass is 32.1. The van der Waals surface area contributed by atoms with Gasteiger partial charge in [-0.3, -0.25) is 9.80 Å². The molecule has 4 nitrogen and oxygen atoms in total. The Morgan fingerprint density at radius 3 is 2.67 bits per heavy atom. The van der Waals surface area contributed by atoms with Crippen LogP contribution in [0.4, 0.5) is 0 Å². The number of thiazole rings is 1. The van der Waals surface area contributed by atoms with E-state index in [0.29, 0.717) is 0 Å². The van der Waals surface area contributed by atoms with Crippen molar-refractivity contribution in [3.8, 4) is 0 Å². The van der Waals surface area contributed by atoms with Crippen molar-refractivity contribution in [3.63, 3.8) is 0 Å². The van der Waals surface area contributed by atoms with E-state index < -0.39 is 0 Å². The molecule has 1 aliphatic heterocycles. The van der Waals surface area contributed by atoms with Crippen molar-refractivity contribution >= 4 is 11.3 Å². The third kappa shape index (κ3) is 4.02. The van der Waals surface area contributed by atoms with E-state index in [1.165, 1.54) is 15.6 Å². The van der Waals surface area contributed by atoms with Gasteiger partial charge in [-0.2, -0.15) is 0 Å². The van der Waals surface area contributed by atoms with E-state index in [4.69, 9.17) is 4.74 Å². The van der Waals surface area contributed by atoms with E-state index in [1.54, 1.807) is 0 Å². The molecule has 5 heteroatoms. The molecule has 2 heterocycles. The van der Waals surface area contributed by atoms with E-state index in [2.05, 4.69) is 35.7 Å². The fourth-order valence-corrected chi connectivity index (χ4v) is 3.20. The highest BCUT2D eigenvalue weighted by Crippen LogP contribution is 2.18. The van der Waals surface area contributed by atoms with Gasteiger partial charge in [0, 0.05) is 37.6 Å². The number of likely N-dealkylation sites (N-methyl/N-ethyl adjacent to an activating group) is 1. The molecule has 1 aromatic heterocycles. The normalized spacial score (nSPS) is 17.6. The van der Waals surface area contributed by atoms with Crippen molar-refractivity contribution in [1.29, 1.82) is 0 Å². The molecule has 1 aliphatic rings. The van der Waals surface area contributed by atoms with Crippen molar-refractivity contribution in [2.45, 2.75) is 20.4 Å². The van der Waals surface area contributed by atoms with Gasteiger partial charge in [0.25, 0.3) is 0 Å². The second kappa shape index (κ2) is 6.61. The number of hydrogen-bond acceptors (Lipinski definition) is 5. The van der Waals surface area contributed by atoms with Gasteiger partial charge in [0.2, 0.25) is 0 Å². The Morgan fingerprint density at radius 1 is 1.33 bits per heavy atom. The molecule has 18 heavy (non-hydrogen) atoms. The molecule has 1 saturated heterocycles. The van der Waals surface area contributed by atoms with Crippen LogP contribution in [0, 0.1) is 13.8 Å². The molecule has 1 fully saturated rings. The first-order valence-electron chi connectivity index (χ1n) is 6.56. The first kappa shape index (κ1) is 13.9. The highest BCUT2D eigenvalue weighted by Gasteiger charge is 2.12. The summed E-state index contributed by atoms with van der Waals surface area (Å²) in [5.41, 5.74) is 1.19. The van der Waals surface area contributed by atoms with Gasteiger partial charge < -0.3 is 4.74 Å². The first-order valence-corrected chi connectivity index (χ1v) is 7.38. The number of aromatic nitrogens is 1. The Morgan fingerprint density at radius 2 is 2.06 bits per heavy atom. The molecule has 2 rings (SSSR count). The van der Waals surface area contributed by atoms with Crippen LogP contribution in [0.15, 0.2) is 0 Å². The van der Waals surface area contributed by atoms with Crippen LogP contribution in [0.2, 0.25) is 0 Å². The number of ether oxygens (including phenoxy) is 1. The van der Waals surface area contributed by atoms with Gasteiger partial charge in [-0.15, -0.1) is 11.3 Å². The molecular formula is C13H23N3OS. The van der Waals surface area contributed by atoms with Gasteiger partial charge in [0.15, 0.2) is 0 Å². The zero-order valence-corrected chi connectivity index (χ0v) is 12.4. The number of hydrogen-bond donors (Lipinski definition) is 0. The Balaban J connectivity index is 1.74. The quantitative estimate of drug-likeness (QED) is 0.810. The predicted molar refractivity (Wildman–Crippen MR) is 75.2 cm³/mol. The molecule has 0 unspecified atom stereocenters.